The molecule has 2 heterocycles. The van der Waals surface area contributed by atoms with E-state index in [0.717, 1.165) is 28.7 Å². The van der Waals surface area contributed by atoms with Crippen LogP contribution in [0.2, 0.25) is 0 Å². The van der Waals surface area contributed by atoms with Crippen LogP contribution in [0.15, 0.2) is 40.1 Å². The molecule has 2 aromatic heterocycles. The standard InChI is InChI=1S/C16H17NOS/c1-3-11-7-8-19-16(11)14(17)13-9-12-6-4-5-10(2)15(12)18-13/h4-9,14H,3,17H2,1-2H3. The fraction of sp³-hybridized carbons (Fsp3) is 0.250. The van der Waals surface area contributed by atoms with Crippen molar-refractivity contribution < 1.29 is 4.42 Å². The number of benzene rings is 1. The van der Waals surface area contributed by atoms with Crippen molar-refractivity contribution in [2.24, 2.45) is 5.73 Å². The Balaban J connectivity index is 2.07. The zero-order chi connectivity index (χ0) is 13.4. The SMILES string of the molecule is CCc1ccsc1C(N)c1cc2cccc(C)c2o1. The van der Waals surface area contributed by atoms with Crippen molar-refractivity contribution >= 4 is 22.3 Å². The van der Waals surface area contributed by atoms with E-state index >= 15 is 0 Å². The van der Waals surface area contributed by atoms with Gasteiger partial charge in [0, 0.05) is 10.3 Å². The van der Waals surface area contributed by atoms with E-state index in [1.807, 2.05) is 6.07 Å². The summed E-state index contributed by atoms with van der Waals surface area (Å²) in [5.41, 5.74) is 9.78. The summed E-state index contributed by atoms with van der Waals surface area (Å²) in [6.07, 6.45) is 1.01. The van der Waals surface area contributed by atoms with Gasteiger partial charge in [-0.25, -0.2) is 0 Å². The quantitative estimate of drug-likeness (QED) is 0.766. The van der Waals surface area contributed by atoms with Crippen molar-refractivity contribution in [1.82, 2.24) is 0 Å². The lowest BCUT2D eigenvalue weighted by Gasteiger charge is -2.08. The minimum absolute atomic E-state index is 0.165. The van der Waals surface area contributed by atoms with E-state index in [-0.39, 0.29) is 6.04 Å². The molecule has 0 aliphatic carbocycles. The third-order valence-corrected chi connectivity index (χ3v) is 4.55. The van der Waals surface area contributed by atoms with Crippen molar-refractivity contribution in [2.75, 3.05) is 0 Å². The van der Waals surface area contributed by atoms with Crippen molar-refractivity contribution in [3.8, 4) is 0 Å². The average Bonchev–Trinajstić information content (AvgIpc) is 3.04. The van der Waals surface area contributed by atoms with Gasteiger partial charge >= 0.3 is 0 Å². The molecule has 0 spiro atoms. The third-order valence-electron chi connectivity index (χ3n) is 3.51. The molecule has 0 saturated carbocycles. The van der Waals surface area contributed by atoms with E-state index < -0.39 is 0 Å². The Morgan fingerprint density at radius 2 is 2.16 bits per heavy atom. The molecule has 3 aromatic rings. The molecular weight excluding hydrogens is 254 g/mol. The molecule has 0 bridgehead atoms. The first-order chi connectivity index (χ1) is 9.20. The van der Waals surface area contributed by atoms with Crippen LogP contribution in [0.1, 0.15) is 34.7 Å². The van der Waals surface area contributed by atoms with E-state index in [2.05, 4.69) is 43.5 Å². The summed E-state index contributed by atoms with van der Waals surface area (Å²) in [6, 6.07) is 10.2. The molecule has 0 amide bonds. The Bertz CT molecular complexity index is 710. The summed E-state index contributed by atoms with van der Waals surface area (Å²) in [5.74, 6) is 0.849. The number of fused-ring (bicyclic) bond motifs is 1. The molecule has 0 aliphatic rings. The predicted molar refractivity (Wildman–Crippen MR) is 80.7 cm³/mol. The number of aryl methyl sites for hydroxylation is 2. The molecule has 3 rings (SSSR count). The molecule has 0 saturated heterocycles. The Labute approximate surface area is 116 Å². The smallest absolute Gasteiger partial charge is 0.137 e. The van der Waals surface area contributed by atoms with Gasteiger partial charge in [0.2, 0.25) is 0 Å². The number of thiophene rings is 1. The normalized spacial score (nSPS) is 13.0. The Kier molecular flexibility index (Phi) is 3.17. The maximum absolute atomic E-state index is 6.37. The van der Waals surface area contributed by atoms with Crippen LogP contribution >= 0.6 is 11.3 Å². The van der Waals surface area contributed by atoms with Crippen LogP contribution in [0, 0.1) is 6.92 Å². The summed E-state index contributed by atoms with van der Waals surface area (Å²) in [6.45, 7) is 4.21. The molecular formula is C16H17NOS. The molecule has 0 aliphatic heterocycles. The molecule has 19 heavy (non-hydrogen) atoms. The maximum Gasteiger partial charge on any atom is 0.137 e. The van der Waals surface area contributed by atoms with Crippen LogP contribution in [0.5, 0.6) is 0 Å². The molecule has 0 fully saturated rings. The highest BCUT2D eigenvalue weighted by Gasteiger charge is 2.18. The second-order valence-corrected chi connectivity index (χ2v) is 5.73. The molecule has 3 heteroatoms. The van der Waals surface area contributed by atoms with E-state index in [4.69, 9.17) is 10.2 Å². The summed E-state index contributed by atoms with van der Waals surface area (Å²) in [4.78, 5) is 1.21. The summed E-state index contributed by atoms with van der Waals surface area (Å²) < 4.78 is 5.97. The molecule has 2 N–H and O–H groups in total. The molecule has 1 atom stereocenters. The number of hydrogen-bond donors (Lipinski definition) is 1. The maximum atomic E-state index is 6.37. The average molecular weight is 271 g/mol. The zero-order valence-corrected chi connectivity index (χ0v) is 12.0. The first-order valence-electron chi connectivity index (χ1n) is 6.51. The third kappa shape index (κ3) is 2.09. The Hall–Kier alpha value is -1.58. The van der Waals surface area contributed by atoms with E-state index in [1.165, 1.54) is 10.4 Å². The van der Waals surface area contributed by atoms with Gasteiger partial charge in [-0.05, 0) is 42.0 Å². The predicted octanol–water partition coefficient (Wildman–Crippen LogP) is 4.41. The molecule has 1 unspecified atom stereocenters. The van der Waals surface area contributed by atoms with Crippen LogP contribution in [-0.4, -0.2) is 0 Å². The summed E-state index contributed by atoms with van der Waals surface area (Å²) in [7, 11) is 0. The Morgan fingerprint density at radius 3 is 2.89 bits per heavy atom. The van der Waals surface area contributed by atoms with Crippen LogP contribution in [-0.2, 0) is 6.42 Å². The minimum Gasteiger partial charge on any atom is -0.459 e. The second-order valence-electron chi connectivity index (χ2n) is 4.78. The zero-order valence-electron chi connectivity index (χ0n) is 11.1. The van der Waals surface area contributed by atoms with Gasteiger partial charge in [0.25, 0.3) is 0 Å². The number of rotatable bonds is 3. The van der Waals surface area contributed by atoms with Crippen molar-refractivity contribution in [3.63, 3.8) is 0 Å². The summed E-state index contributed by atoms with van der Waals surface area (Å²) >= 11 is 1.71. The van der Waals surface area contributed by atoms with Gasteiger partial charge in [-0.15, -0.1) is 11.3 Å². The van der Waals surface area contributed by atoms with E-state index in [1.54, 1.807) is 11.3 Å². The topological polar surface area (TPSA) is 39.2 Å². The number of para-hydroxylation sites is 1. The van der Waals surface area contributed by atoms with Crippen LogP contribution in [0.4, 0.5) is 0 Å². The highest BCUT2D eigenvalue weighted by Crippen LogP contribution is 2.32. The van der Waals surface area contributed by atoms with Crippen LogP contribution in [0.25, 0.3) is 11.0 Å². The monoisotopic (exact) mass is 271 g/mol. The summed E-state index contributed by atoms with van der Waals surface area (Å²) in [5, 5.41) is 3.22. The number of nitrogens with two attached hydrogens (primary N) is 1. The van der Waals surface area contributed by atoms with Gasteiger partial charge in [0.1, 0.15) is 11.3 Å². The fourth-order valence-corrected chi connectivity index (χ4v) is 3.43. The number of hydrogen-bond acceptors (Lipinski definition) is 3. The lowest BCUT2D eigenvalue weighted by molar-refractivity contribution is 0.525. The molecule has 98 valence electrons. The first kappa shape index (κ1) is 12.5. The van der Waals surface area contributed by atoms with Crippen molar-refractivity contribution in [2.45, 2.75) is 26.3 Å². The lowest BCUT2D eigenvalue weighted by Crippen LogP contribution is -2.10. The van der Waals surface area contributed by atoms with Gasteiger partial charge in [-0.2, -0.15) is 0 Å². The highest BCUT2D eigenvalue weighted by molar-refractivity contribution is 7.10. The van der Waals surface area contributed by atoms with Gasteiger partial charge < -0.3 is 10.2 Å². The van der Waals surface area contributed by atoms with Crippen LogP contribution in [0.3, 0.4) is 0 Å². The number of furan rings is 1. The Morgan fingerprint density at radius 1 is 1.32 bits per heavy atom. The first-order valence-corrected chi connectivity index (χ1v) is 7.39. The van der Waals surface area contributed by atoms with Crippen molar-refractivity contribution in [1.29, 1.82) is 0 Å². The van der Waals surface area contributed by atoms with Gasteiger partial charge in [-0.1, -0.05) is 25.1 Å². The van der Waals surface area contributed by atoms with Gasteiger partial charge in [0.05, 0.1) is 6.04 Å². The second kappa shape index (κ2) is 4.83. The molecule has 1 aromatic carbocycles. The van der Waals surface area contributed by atoms with Gasteiger partial charge in [0.15, 0.2) is 0 Å². The van der Waals surface area contributed by atoms with Gasteiger partial charge in [-0.3, -0.25) is 0 Å². The van der Waals surface area contributed by atoms with E-state index in [9.17, 15) is 0 Å². The fourth-order valence-electron chi connectivity index (χ4n) is 2.42. The molecule has 2 nitrogen and oxygen atoms in total. The largest absolute Gasteiger partial charge is 0.459 e. The highest BCUT2D eigenvalue weighted by atomic mass is 32.1. The van der Waals surface area contributed by atoms with E-state index in [0.29, 0.717) is 0 Å². The molecule has 0 radical (unpaired) electrons. The minimum atomic E-state index is -0.165. The van der Waals surface area contributed by atoms with Crippen LogP contribution < -0.4 is 5.73 Å². The lowest BCUT2D eigenvalue weighted by atomic mass is 10.1. The van der Waals surface area contributed by atoms with Crippen molar-refractivity contribution in [3.05, 3.63) is 57.5 Å².